The topological polar surface area (TPSA) is 78.2 Å². The monoisotopic (exact) mass is 428 g/mol. The van der Waals surface area contributed by atoms with Crippen LogP contribution in [0.3, 0.4) is 0 Å². The second-order valence-electron chi connectivity index (χ2n) is 7.52. The molecule has 0 spiro atoms. The third-order valence-corrected chi connectivity index (χ3v) is 5.54. The number of hydrogen-bond donors (Lipinski definition) is 0. The number of carbonyl (C=O) groups excluding carboxylic acids is 1. The van der Waals surface area contributed by atoms with Gasteiger partial charge in [-0.2, -0.15) is 0 Å². The standard InChI is InChI=1S/C23H32N4O4/c1-6-16(3)20-17(7-2)21(31-23(28)26(12-14-29-4)13-15-30-5)27-19-11-9-8-10-18(19)24-22(27)25-20/h8-11,16H,6-7,12-15H2,1-5H3/t16-/m0/s1. The van der Waals surface area contributed by atoms with E-state index in [-0.39, 0.29) is 5.92 Å². The van der Waals surface area contributed by atoms with E-state index in [1.807, 2.05) is 28.7 Å². The number of methoxy groups -OCH3 is 2. The minimum absolute atomic E-state index is 0.218. The normalized spacial score (nSPS) is 12.4. The molecule has 1 atom stereocenters. The van der Waals surface area contributed by atoms with Crippen LogP contribution in [0.25, 0.3) is 16.8 Å². The molecule has 0 fully saturated rings. The van der Waals surface area contributed by atoms with E-state index in [9.17, 15) is 4.79 Å². The molecule has 1 amide bonds. The Labute approximate surface area is 183 Å². The van der Waals surface area contributed by atoms with Gasteiger partial charge in [-0.1, -0.05) is 32.9 Å². The van der Waals surface area contributed by atoms with Crippen LogP contribution in [0.15, 0.2) is 24.3 Å². The lowest BCUT2D eigenvalue weighted by Gasteiger charge is -2.23. The van der Waals surface area contributed by atoms with E-state index in [2.05, 4.69) is 25.8 Å². The Bertz CT molecular complexity index is 1030. The molecular formula is C23H32N4O4. The van der Waals surface area contributed by atoms with E-state index in [4.69, 9.17) is 19.2 Å². The molecule has 0 saturated heterocycles. The highest BCUT2D eigenvalue weighted by Gasteiger charge is 2.25. The maximum absolute atomic E-state index is 13.2. The minimum Gasteiger partial charge on any atom is -0.392 e. The van der Waals surface area contributed by atoms with Crippen LogP contribution >= 0.6 is 0 Å². The van der Waals surface area contributed by atoms with Crippen molar-refractivity contribution in [1.82, 2.24) is 19.3 Å². The lowest BCUT2D eigenvalue weighted by Crippen LogP contribution is -2.39. The number of fused-ring (bicyclic) bond motifs is 3. The highest BCUT2D eigenvalue weighted by atomic mass is 16.6. The minimum atomic E-state index is -0.441. The Kier molecular flexibility index (Phi) is 7.81. The van der Waals surface area contributed by atoms with Gasteiger partial charge < -0.3 is 19.1 Å². The summed E-state index contributed by atoms with van der Waals surface area (Å²) in [4.78, 5) is 24.3. The van der Waals surface area contributed by atoms with Crippen molar-refractivity contribution in [3.8, 4) is 5.88 Å². The molecule has 0 N–H and O–H groups in total. The fraction of sp³-hybridized carbons (Fsp3) is 0.522. The second-order valence-corrected chi connectivity index (χ2v) is 7.52. The zero-order valence-corrected chi connectivity index (χ0v) is 19.1. The number of carbonyl (C=O) groups is 1. The van der Waals surface area contributed by atoms with Crippen molar-refractivity contribution in [3.63, 3.8) is 0 Å². The van der Waals surface area contributed by atoms with Crippen molar-refractivity contribution in [3.05, 3.63) is 35.5 Å². The number of nitrogens with zero attached hydrogens (tertiary/aromatic N) is 4. The number of para-hydroxylation sites is 2. The molecule has 2 aromatic heterocycles. The smallest absolute Gasteiger partial charge is 0.392 e. The Hall–Kier alpha value is -2.71. The van der Waals surface area contributed by atoms with E-state index < -0.39 is 6.09 Å². The zero-order valence-electron chi connectivity index (χ0n) is 19.1. The van der Waals surface area contributed by atoms with Crippen LogP contribution in [-0.4, -0.2) is 65.9 Å². The average Bonchev–Trinajstić information content (AvgIpc) is 3.16. The molecule has 8 nitrogen and oxygen atoms in total. The SMILES string of the molecule is CCc1c([C@@H](C)CC)nc2nc3ccccc3n2c1OC(=O)N(CCOC)CCOC. The molecular weight excluding hydrogens is 396 g/mol. The molecule has 3 rings (SSSR count). The summed E-state index contributed by atoms with van der Waals surface area (Å²) in [5, 5.41) is 0. The third-order valence-electron chi connectivity index (χ3n) is 5.54. The van der Waals surface area contributed by atoms with Crippen molar-refractivity contribution in [2.45, 2.75) is 39.5 Å². The van der Waals surface area contributed by atoms with Crippen LogP contribution in [-0.2, 0) is 15.9 Å². The van der Waals surface area contributed by atoms with Gasteiger partial charge in [0.25, 0.3) is 0 Å². The van der Waals surface area contributed by atoms with Crippen LogP contribution in [0.1, 0.15) is 44.4 Å². The summed E-state index contributed by atoms with van der Waals surface area (Å²) in [6.07, 6.45) is 1.18. The van der Waals surface area contributed by atoms with Crippen molar-refractivity contribution in [2.75, 3.05) is 40.5 Å². The molecule has 0 aliphatic carbocycles. The molecule has 1 aromatic carbocycles. The van der Waals surface area contributed by atoms with E-state index in [1.165, 1.54) is 0 Å². The predicted octanol–water partition coefficient (Wildman–Crippen LogP) is 4.05. The quantitative estimate of drug-likeness (QED) is 0.485. The van der Waals surface area contributed by atoms with Gasteiger partial charge >= 0.3 is 6.09 Å². The van der Waals surface area contributed by atoms with Gasteiger partial charge in [-0.3, -0.25) is 0 Å². The first-order valence-corrected chi connectivity index (χ1v) is 10.8. The molecule has 0 unspecified atom stereocenters. The number of imidazole rings is 1. The van der Waals surface area contributed by atoms with Crippen molar-refractivity contribution >= 4 is 22.9 Å². The fourth-order valence-corrected chi connectivity index (χ4v) is 3.59. The number of benzene rings is 1. The molecule has 0 bridgehead atoms. The number of rotatable bonds is 10. The number of aromatic nitrogens is 3. The van der Waals surface area contributed by atoms with E-state index in [1.54, 1.807) is 19.1 Å². The zero-order chi connectivity index (χ0) is 22.4. The van der Waals surface area contributed by atoms with Crippen LogP contribution < -0.4 is 4.74 Å². The van der Waals surface area contributed by atoms with Gasteiger partial charge in [-0.15, -0.1) is 0 Å². The first-order valence-electron chi connectivity index (χ1n) is 10.8. The van der Waals surface area contributed by atoms with E-state index in [0.717, 1.165) is 28.7 Å². The third kappa shape index (κ3) is 4.80. The van der Waals surface area contributed by atoms with Crippen LogP contribution in [0.4, 0.5) is 4.79 Å². The number of hydrogen-bond acceptors (Lipinski definition) is 6. The largest absolute Gasteiger partial charge is 0.416 e. The van der Waals surface area contributed by atoms with E-state index in [0.29, 0.717) is 44.4 Å². The molecule has 8 heteroatoms. The Morgan fingerprint density at radius 3 is 2.39 bits per heavy atom. The average molecular weight is 429 g/mol. The molecule has 3 aromatic rings. The van der Waals surface area contributed by atoms with Gasteiger partial charge in [-0.25, -0.2) is 19.2 Å². The summed E-state index contributed by atoms with van der Waals surface area (Å²) < 4.78 is 18.2. The summed E-state index contributed by atoms with van der Waals surface area (Å²) in [7, 11) is 3.22. The Balaban J connectivity index is 2.14. The molecule has 31 heavy (non-hydrogen) atoms. The maximum Gasteiger partial charge on any atom is 0.416 e. The van der Waals surface area contributed by atoms with Gasteiger partial charge in [0.2, 0.25) is 11.7 Å². The first kappa shape index (κ1) is 23.0. The van der Waals surface area contributed by atoms with Crippen LogP contribution in [0.2, 0.25) is 0 Å². The fourth-order valence-electron chi connectivity index (χ4n) is 3.59. The van der Waals surface area contributed by atoms with Gasteiger partial charge in [0.1, 0.15) is 0 Å². The van der Waals surface area contributed by atoms with Crippen molar-refractivity contribution < 1.29 is 19.0 Å². The van der Waals surface area contributed by atoms with Crippen molar-refractivity contribution in [1.29, 1.82) is 0 Å². The second kappa shape index (κ2) is 10.5. The highest BCUT2D eigenvalue weighted by Crippen LogP contribution is 2.32. The molecule has 0 aliphatic rings. The number of amides is 1. The Morgan fingerprint density at radius 1 is 1.10 bits per heavy atom. The summed E-state index contributed by atoms with van der Waals surface area (Å²) in [5.41, 5.74) is 3.53. The van der Waals surface area contributed by atoms with Gasteiger partial charge in [0, 0.05) is 32.9 Å². The Morgan fingerprint density at radius 2 is 1.77 bits per heavy atom. The van der Waals surface area contributed by atoms with Gasteiger partial charge in [0.15, 0.2) is 0 Å². The maximum atomic E-state index is 13.2. The summed E-state index contributed by atoms with van der Waals surface area (Å²) in [6, 6.07) is 7.78. The van der Waals surface area contributed by atoms with E-state index >= 15 is 0 Å². The molecule has 0 radical (unpaired) electrons. The molecule has 0 aliphatic heterocycles. The van der Waals surface area contributed by atoms with Gasteiger partial charge in [-0.05, 0) is 30.9 Å². The lowest BCUT2D eigenvalue weighted by molar-refractivity contribution is 0.100. The first-order chi connectivity index (χ1) is 15.0. The molecule has 168 valence electrons. The molecule has 2 heterocycles. The van der Waals surface area contributed by atoms with Crippen LogP contribution in [0.5, 0.6) is 5.88 Å². The predicted molar refractivity (Wildman–Crippen MR) is 120 cm³/mol. The summed E-state index contributed by atoms with van der Waals surface area (Å²) in [5.74, 6) is 1.24. The highest BCUT2D eigenvalue weighted by molar-refractivity contribution is 5.81. The van der Waals surface area contributed by atoms with Gasteiger partial charge in [0.05, 0.1) is 29.9 Å². The molecule has 0 saturated carbocycles. The number of ether oxygens (including phenoxy) is 3. The summed E-state index contributed by atoms with van der Waals surface area (Å²) in [6.45, 7) is 7.97. The lowest BCUT2D eigenvalue weighted by atomic mass is 9.99. The van der Waals surface area contributed by atoms with Crippen LogP contribution in [0, 0.1) is 0 Å². The summed E-state index contributed by atoms with van der Waals surface area (Å²) >= 11 is 0. The van der Waals surface area contributed by atoms with Crippen molar-refractivity contribution in [2.24, 2.45) is 0 Å².